The van der Waals surface area contributed by atoms with Crippen LogP contribution in [-0.2, 0) is 11.2 Å². The standard InChI is InChI=1S/C20H20FN3O2/c1-13-9-14-5-2-3-8-18(14)24(13)20(26)22-16-11-19(25)23(12-16)17-7-4-6-15(21)10-17/h2-8,10,13,16H,9,11-12H2,1H3,(H,22,26)/t13-,16+/m1/s1. The minimum Gasteiger partial charge on any atom is -0.333 e. The fraction of sp³-hybridized carbons (Fsp3) is 0.300. The van der Waals surface area contributed by atoms with Gasteiger partial charge in [0.15, 0.2) is 0 Å². The van der Waals surface area contributed by atoms with Gasteiger partial charge in [-0.15, -0.1) is 0 Å². The van der Waals surface area contributed by atoms with Gasteiger partial charge in [0.2, 0.25) is 5.91 Å². The molecular formula is C20H20FN3O2. The van der Waals surface area contributed by atoms with E-state index in [9.17, 15) is 14.0 Å². The van der Waals surface area contributed by atoms with Crippen molar-refractivity contribution < 1.29 is 14.0 Å². The summed E-state index contributed by atoms with van der Waals surface area (Å²) < 4.78 is 13.4. The molecule has 6 heteroatoms. The molecule has 4 rings (SSSR count). The molecule has 5 nitrogen and oxygen atoms in total. The van der Waals surface area contributed by atoms with Crippen molar-refractivity contribution in [3.8, 4) is 0 Å². The highest BCUT2D eigenvalue weighted by atomic mass is 19.1. The summed E-state index contributed by atoms with van der Waals surface area (Å²) in [6.45, 7) is 2.36. The fourth-order valence-electron chi connectivity index (χ4n) is 3.82. The molecule has 2 aromatic carbocycles. The normalized spacial score (nSPS) is 21.8. The van der Waals surface area contributed by atoms with E-state index in [4.69, 9.17) is 0 Å². The Balaban J connectivity index is 1.47. The third-order valence-corrected chi connectivity index (χ3v) is 5.00. The van der Waals surface area contributed by atoms with Crippen molar-refractivity contribution in [3.63, 3.8) is 0 Å². The van der Waals surface area contributed by atoms with E-state index in [1.54, 1.807) is 17.0 Å². The van der Waals surface area contributed by atoms with Gasteiger partial charge in [-0.25, -0.2) is 9.18 Å². The maximum absolute atomic E-state index is 13.4. The lowest BCUT2D eigenvalue weighted by atomic mass is 10.1. The van der Waals surface area contributed by atoms with Crippen LogP contribution >= 0.6 is 0 Å². The molecule has 0 radical (unpaired) electrons. The maximum Gasteiger partial charge on any atom is 0.322 e. The summed E-state index contributed by atoms with van der Waals surface area (Å²) in [5, 5.41) is 2.97. The largest absolute Gasteiger partial charge is 0.333 e. The number of halogens is 1. The lowest BCUT2D eigenvalue weighted by Crippen LogP contribution is -2.48. The molecule has 2 aliphatic rings. The lowest BCUT2D eigenvalue weighted by Gasteiger charge is -2.25. The number of carbonyl (C=O) groups is 2. The fourth-order valence-corrected chi connectivity index (χ4v) is 3.82. The van der Waals surface area contributed by atoms with Gasteiger partial charge in [0.05, 0.1) is 6.04 Å². The van der Waals surface area contributed by atoms with Crippen molar-refractivity contribution in [2.24, 2.45) is 0 Å². The van der Waals surface area contributed by atoms with Crippen LogP contribution in [0.4, 0.5) is 20.6 Å². The van der Waals surface area contributed by atoms with Gasteiger partial charge in [0, 0.05) is 30.4 Å². The Hall–Kier alpha value is -2.89. The highest BCUT2D eigenvalue weighted by molar-refractivity contribution is 5.99. The summed E-state index contributed by atoms with van der Waals surface area (Å²) in [5.74, 6) is -0.499. The summed E-state index contributed by atoms with van der Waals surface area (Å²) in [4.78, 5) is 28.4. The average molecular weight is 353 g/mol. The van der Waals surface area contributed by atoms with Gasteiger partial charge < -0.3 is 10.2 Å². The quantitative estimate of drug-likeness (QED) is 0.902. The second kappa shape index (κ2) is 6.44. The number of nitrogens with zero attached hydrogens (tertiary/aromatic N) is 2. The number of nitrogens with one attached hydrogen (secondary N) is 1. The number of para-hydroxylation sites is 1. The third-order valence-electron chi connectivity index (χ3n) is 5.00. The number of rotatable bonds is 2. The molecule has 0 aliphatic carbocycles. The smallest absolute Gasteiger partial charge is 0.322 e. The van der Waals surface area contributed by atoms with Gasteiger partial charge in [-0.05, 0) is 43.2 Å². The number of benzene rings is 2. The van der Waals surface area contributed by atoms with Gasteiger partial charge >= 0.3 is 6.03 Å². The molecule has 2 aromatic rings. The summed E-state index contributed by atoms with van der Waals surface area (Å²) in [7, 11) is 0. The minimum atomic E-state index is -0.384. The van der Waals surface area contributed by atoms with E-state index in [0.29, 0.717) is 12.2 Å². The van der Waals surface area contributed by atoms with Crippen LogP contribution in [0, 0.1) is 5.82 Å². The lowest BCUT2D eigenvalue weighted by molar-refractivity contribution is -0.117. The molecule has 1 fully saturated rings. The van der Waals surface area contributed by atoms with E-state index in [1.807, 2.05) is 31.2 Å². The first-order valence-corrected chi connectivity index (χ1v) is 8.76. The van der Waals surface area contributed by atoms with Crippen molar-refractivity contribution >= 4 is 23.3 Å². The molecule has 134 valence electrons. The van der Waals surface area contributed by atoms with Crippen molar-refractivity contribution in [1.29, 1.82) is 0 Å². The van der Waals surface area contributed by atoms with Crippen molar-refractivity contribution in [1.82, 2.24) is 5.32 Å². The Labute approximate surface area is 151 Å². The zero-order valence-corrected chi connectivity index (χ0v) is 14.5. The summed E-state index contributed by atoms with van der Waals surface area (Å²) in [6, 6.07) is 13.4. The first-order valence-electron chi connectivity index (χ1n) is 8.76. The molecule has 0 aromatic heterocycles. The molecule has 0 spiro atoms. The van der Waals surface area contributed by atoms with Gasteiger partial charge in [0.1, 0.15) is 5.82 Å². The summed E-state index contributed by atoms with van der Waals surface area (Å²) >= 11 is 0. The number of hydrogen-bond acceptors (Lipinski definition) is 2. The predicted molar refractivity (Wildman–Crippen MR) is 97.8 cm³/mol. The van der Waals surface area contributed by atoms with Gasteiger partial charge in [-0.1, -0.05) is 24.3 Å². The molecule has 0 unspecified atom stereocenters. The molecule has 3 amide bonds. The van der Waals surface area contributed by atoms with Crippen LogP contribution in [0.1, 0.15) is 18.9 Å². The van der Waals surface area contributed by atoms with Crippen LogP contribution in [-0.4, -0.2) is 30.6 Å². The van der Waals surface area contributed by atoms with Crippen molar-refractivity contribution in [2.75, 3.05) is 16.3 Å². The molecule has 1 saturated heterocycles. The highest BCUT2D eigenvalue weighted by Crippen LogP contribution is 2.32. The molecule has 0 bridgehead atoms. The zero-order chi connectivity index (χ0) is 18.3. The third kappa shape index (κ3) is 2.92. The van der Waals surface area contributed by atoms with Crippen LogP contribution in [0.3, 0.4) is 0 Å². The van der Waals surface area contributed by atoms with Crippen LogP contribution in [0.5, 0.6) is 0 Å². The van der Waals surface area contributed by atoms with Crippen LogP contribution in [0.2, 0.25) is 0 Å². The van der Waals surface area contributed by atoms with Crippen LogP contribution < -0.4 is 15.1 Å². The first-order chi connectivity index (χ1) is 12.5. The predicted octanol–water partition coefficient (Wildman–Crippen LogP) is 3.09. The van der Waals surface area contributed by atoms with E-state index < -0.39 is 0 Å². The molecule has 0 saturated carbocycles. The van der Waals surface area contributed by atoms with Gasteiger partial charge in [-0.3, -0.25) is 9.69 Å². The number of hydrogen-bond donors (Lipinski definition) is 1. The zero-order valence-electron chi connectivity index (χ0n) is 14.5. The Morgan fingerprint density at radius 1 is 1.15 bits per heavy atom. The maximum atomic E-state index is 13.4. The van der Waals surface area contributed by atoms with E-state index in [1.165, 1.54) is 17.0 Å². The number of amides is 3. The summed E-state index contributed by atoms with van der Waals surface area (Å²) in [5.41, 5.74) is 2.59. The number of anilines is 2. The molecular weight excluding hydrogens is 333 g/mol. The first kappa shape index (κ1) is 16.6. The van der Waals surface area contributed by atoms with E-state index in [2.05, 4.69) is 5.32 Å². The number of urea groups is 1. The second-order valence-corrected chi connectivity index (χ2v) is 6.89. The van der Waals surface area contributed by atoms with Crippen molar-refractivity contribution in [3.05, 3.63) is 59.9 Å². The second-order valence-electron chi connectivity index (χ2n) is 6.89. The molecule has 2 aliphatic heterocycles. The van der Waals surface area contributed by atoms with E-state index in [-0.39, 0.29) is 36.3 Å². The Morgan fingerprint density at radius 3 is 2.77 bits per heavy atom. The summed E-state index contributed by atoms with van der Waals surface area (Å²) in [6.07, 6.45) is 1.04. The molecule has 26 heavy (non-hydrogen) atoms. The van der Waals surface area contributed by atoms with Crippen LogP contribution in [0.15, 0.2) is 48.5 Å². The van der Waals surface area contributed by atoms with E-state index >= 15 is 0 Å². The Morgan fingerprint density at radius 2 is 1.96 bits per heavy atom. The minimum absolute atomic E-state index is 0.0730. The molecule has 2 heterocycles. The van der Waals surface area contributed by atoms with Gasteiger partial charge in [0.25, 0.3) is 0 Å². The molecule has 1 N–H and O–H groups in total. The topological polar surface area (TPSA) is 52.7 Å². The van der Waals surface area contributed by atoms with E-state index in [0.717, 1.165) is 17.7 Å². The average Bonchev–Trinajstić information content (AvgIpc) is 3.13. The highest BCUT2D eigenvalue weighted by Gasteiger charge is 2.35. The number of fused-ring (bicyclic) bond motifs is 1. The monoisotopic (exact) mass is 353 g/mol. The Bertz CT molecular complexity index is 870. The SMILES string of the molecule is C[C@@H]1Cc2ccccc2N1C(=O)N[C@H]1CC(=O)N(c2cccc(F)c2)C1. The van der Waals surface area contributed by atoms with Crippen LogP contribution in [0.25, 0.3) is 0 Å². The Kier molecular flexibility index (Phi) is 4.11. The molecule has 2 atom stereocenters. The number of carbonyl (C=O) groups excluding carboxylic acids is 2. The van der Waals surface area contributed by atoms with Crippen molar-refractivity contribution in [2.45, 2.75) is 31.8 Å². The van der Waals surface area contributed by atoms with Gasteiger partial charge in [-0.2, -0.15) is 0 Å².